The molecule has 0 saturated carbocycles. The first kappa shape index (κ1) is 16.1. The molecule has 0 aliphatic carbocycles. The first-order valence-electron chi connectivity index (χ1n) is 5.14. The Labute approximate surface area is 117 Å². The third kappa shape index (κ3) is 4.56. The molecule has 0 aromatic heterocycles. The standard InChI is InChI=1S/C11H10Cl2F3NO2/c12-4-7(18)5-17-9-2-1-6(13)3-8(9)10(19)11(14,15)16/h1-3,7,17-18H,4-5H2. The Hall–Kier alpha value is -0.980. The van der Waals surface area contributed by atoms with E-state index in [1.54, 1.807) is 0 Å². The Kier molecular flexibility index (Phi) is 5.46. The van der Waals surface area contributed by atoms with Gasteiger partial charge in [-0.2, -0.15) is 13.2 Å². The molecular formula is C11H10Cl2F3NO2. The van der Waals surface area contributed by atoms with E-state index in [4.69, 9.17) is 23.2 Å². The predicted octanol–water partition coefficient (Wildman–Crippen LogP) is 3.10. The van der Waals surface area contributed by atoms with Crippen LogP contribution in [0.3, 0.4) is 0 Å². The number of hydrogen-bond acceptors (Lipinski definition) is 3. The van der Waals surface area contributed by atoms with Crippen molar-refractivity contribution >= 4 is 34.7 Å². The normalized spacial score (nSPS) is 13.2. The topological polar surface area (TPSA) is 49.3 Å². The average Bonchev–Trinajstić information content (AvgIpc) is 2.34. The summed E-state index contributed by atoms with van der Waals surface area (Å²) in [6.07, 6.45) is -5.93. The van der Waals surface area contributed by atoms with Crippen molar-refractivity contribution in [3.63, 3.8) is 0 Å². The molecule has 1 atom stereocenters. The molecule has 3 nitrogen and oxygen atoms in total. The number of carbonyl (C=O) groups excluding carboxylic acids is 1. The Balaban J connectivity index is 3.02. The Morgan fingerprint density at radius 1 is 1.42 bits per heavy atom. The Bertz CT molecular complexity index is 466. The summed E-state index contributed by atoms with van der Waals surface area (Å²) in [6, 6.07) is 3.50. The van der Waals surface area contributed by atoms with Crippen LogP contribution in [-0.2, 0) is 0 Å². The van der Waals surface area contributed by atoms with Crippen LogP contribution in [0.25, 0.3) is 0 Å². The van der Waals surface area contributed by atoms with Gasteiger partial charge in [-0.05, 0) is 18.2 Å². The van der Waals surface area contributed by atoms with Gasteiger partial charge in [-0.1, -0.05) is 11.6 Å². The van der Waals surface area contributed by atoms with Crippen LogP contribution in [0.4, 0.5) is 18.9 Å². The summed E-state index contributed by atoms with van der Waals surface area (Å²) in [5.41, 5.74) is -0.655. The third-order valence-electron chi connectivity index (χ3n) is 2.19. The van der Waals surface area contributed by atoms with Crippen molar-refractivity contribution in [3.8, 4) is 0 Å². The molecular weight excluding hydrogens is 306 g/mol. The van der Waals surface area contributed by atoms with Crippen molar-refractivity contribution < 1.29 is 23.1 Å². The molecule has 106 valence electrons. The van der Waals surface area contributed by atoms with E-state index in [0.29, 0.717) is 0 Å². The molecule has 0 saturated heterocycles. The number of Topliss-reactive ketones (excluding diaryl/α,β-unsaturated/α-hetero) is 1. The number of ketones is 1. The zero-order chi connectivity index (χ0) is 14.6. The van der Waals surface area contributed by atoms with Crippen LogP contribution in [0.1, 0.15) is 10.4 Å². The smallest absolute Gasteiger partial charge is 0.390 e. The Morgan fingerprint density at radius 2 is 2.05 bits per heavy atom. The molecule has 0 bridgehead atoms. The second kappa shape index (κ2) is 6.45. The van der Waals surface area contributed by atoms with E-state index in [1.807, 2.05) is 0 Å². The highest BCUT2D eigenvalue weighted by molar-refractivity contribution is 6.31. The molecule has 2 N–H and O–H groups in total. The predicted molar refractivity (Wildman–Crippen MR) is 67.1 cm³/mol. The van der Waals surface area contributed by atoms with Gasteiger partial charge in [0.05, 0.1) is 17.5 Å². The van der Waals surface area contributed by atoms with Crippen LogP contribution in [0.5, 0.6) is 0 Å². The first-order chi connectivity index (χ1) is 8.75. The molecule has 1 aromatic carbocycles. The summed E-state index contributed by atoms with van der Waals surface area (Å²) in [5.74, 6) is -2.08. The number of nitrogens with one attached hydrogen (secondary N) is 1. The van der Waals surface area contributed by atoms with E-state index in [0.717, 1.165) is 6.07 Å². The highest BCUT2D eigenvalue weighted by Gasteiger charge is 2.40. The van der Waals surface area contributed by atoms with Gasteiger partial charge in [0.1, 0.15) is 0 Å². The molecule has 1 rings (SSSR count). The van der Waals surface area contributed by atoms with Gasteiger partial charge in [-0.15, -0.1) is 11.6 Å². The van der Waals surface area contributed by atoms with Gasteiger partial charge in [-0.25, -0.2) is 0 Å². The van der Waals surface area contributed by atoms with Crippen molar-refractivity contribution in [1.29, 1.82) is 0 Å². The molecule has 1 unspecified atom stereocenters. The number of aliphatic hydroxyl groups excluding tert-OH is 1. The summed E-state index contributed by atoms with van der Waals surface area (Å²) in [4.78, 5) is 11.2. The molecule has 0 heterocycles. The number of anilines is 1. The van der Waals surface area contributed by atoms with Crippen molar-refractivity contribution in [2.75, 3.05) is 17.7 Å². The highest BCUT2D eigenvalue weighted by Crippen LogP contribution is 2.28. The van der Waals surface area contributed by atoms with Gasteiger partial charge in [0.25, 0.3) is 5.78 Å². The second-order valence-corrected chi connectivity index (χ2v) is 4.45. The lowest BCUT2D eigenvalue weighted by Crippen LogP contribution is -2.26. The van der Waals surface area contributed by atoms with Crippen LogP contribution >= 0.6 is 23.2 Å². The van der Waals surface area contributed by atoms with Crippen LogP contribution in [0.2, 0.25) is 5.02 Å². The first-order valence-corrected chi connectivity index (χ1v) is 6.06. The molecule has 0 radical (unpaired) electrons. The molecule has 0 spiro atoms. The summed E-state index contributed by atoms with van der Waals surface area (Å²) in [5, 5.41) is 11.8. The minimum absolute atomic E-state index is 0.0102. The monoisotopic (exact) mass is 315 g/mol. The molecule has 0 amide bonds. The molecule has 19 heavy (non-hydrogen) atoms. The van der Waals surface area contributed by atoms with Crippen molar-refractivity contribution in [1.82, 2.24) is 0 Å². The molecule has 0 aliphatic rings. The minimum atomic E-state index is -4.99. The lowest BCUT2D eigenvalue weighted by molar-refractivity contribution is -0.0884. The SMILES string of the molecule is O=C(c1cc(Cl)ccc1NCC(O)CCl)C(F)(F)F. The van der Waals surface area contributed by atoms with Crippen LogP contribution < -0.4 is 5.32 Å². The molecule has 1 aromatic rings. The fourth-order valence-corrected chi connectivity index (χ4v) is 1.57. The fraction of sp³-hybridized carbons (Fsp3) is 0.364. The lowest BCUT2D eigenvalue weighted by Gasteiger charge is -2.14. The fourth-order valence-electron chi connectivity index (χ4n) is 1.29. The van der Waals surface area contributed by atoms with Gasteiger partial charge in [0, 0.05) is 17.3 Å². The van der Waals surface area contributed by atoms with Crippen molar-refractivity contribution in [3.05, 3.63) is 28.8 Å². The van der Waals surface area contributed by atoms with Gasteiger partial charge in [0.2, 0.25) is 0 Å². The minimum Gasteiger partial charge on any atom is -0.390 e. The maximum Gasteiger partial charge on any atom is 0.454 e. The van der Waals surface area contributed by atoms with E-state index in [-0.39, 0.29) is 23.1 Å². The van der Waals surface area contributed by atoms with Crippen LogP contribution in [0, 0.1) is 0 Å². The number of alkyl halides is 4. The quantitative estimate of drug-likeness (QED) is 0.648. The van der Waals surface area contributed by atoms with E-state index in [9.17, 15) is 23.1 Å². The van der Waals surface area contributed by atoms with Gasteiger partial charge < -0.3 is 10.4 Å². The lowest BCUT2D eigenvalue weighted by atomic mass is 10.1. The summed E-state index contributed by atoms with van der Waals surface area (Å²) in [7, 11) is 0. The van der Waals surface area contributed by atoms with Crippen molar-refractivity contribution in [2.24, 2.45) is 0 Å². The van der Waals surface area contributed by atoms with Crippen LogP contribution in [-0.4, -0.2) is 35.6 Å². The zero-order valence-electron chi connectivity index (χ0n) is 9.47. The van der Waals surface area contributed by atoms with E-state index < -0.39 is 23.6 Å². The van der Waals surface area contributed by atoms with E-state index in [1.165, 1.54) is 12.1 Å². The van der Waals surface area contributed by atoms with Gasteiger partial charge >= 0.3 is 6.18 Å². The second-order valence-electron chi connectivity index (χ2n) is 3.71. The third-order valence-corrected chi connectivity index (χ3v) is 2.78. The number of carbonyl (C=O) groups is 1. The summed E-state index contributed by atoms with van der Waals surface area (Å²) in [6.45, 7) is -0.0801. The summed E-state index contributed by atoms with van der Waals surface area (Å²) >= 11 is 10.9. The number of benzene rings is 1. The maximum absolute atomic E-state index is 12.4. The largest absolute Gasteiger partial charge is 0.454 e. The van der Waals surface area contributed by atoms with Gasteiger partial charge in [-0.3, -0.25) is 4.79 Å². The maximum atomic E-state index is 12.4. The number of halogens is 5. The molecule has 0 aliphatic heterocycles. The average molecular weight is 316 g/mol. The Morgan fingerprint density at radius 3 is 2.58 bits per heavy atom. The number of aliphatic hydroxyl groups is 1. The highest BCUT2D eigenvalue weighted by atomic mass is 35.5. The van der Waals surface area contributed by atoms with Gasteiger partial charge in [0.15, 0.2) is 0 Å². The number of hydrogen-bond donors (Lipinski definition) is 2. The van der Waals surface area contributed by atoms with E-state index in [2.05, 4.69) is 5.32 Å². The number of rotatable bonds is 5. The molecule has 0 fully saturated rings. The van der Waals surface area contributed by atoms with E-state index >= 15 is 0 Å². The zero-order valence-corrected chi connectivity index (χ0v) is 11.0. The van der Waals surface area contributed by atoms with Crippen molar-refractivity contribution in [2.45, 2.75) is 12.3 Å². The molecule has 8 heteroatoms. The van der Waals surface area contributed by atoms with Crippen LogP contribution in [0.15, 0.2) is 18.2 Å². The summed E-state index contributed by atoms with van der Waals surface area (Å²) < 4.78 is 37.3.